The number of hydrogen-bond donors (Lipinski definition) is 3. The second kappa shape index (κ2) is 5.08. The zero-order valence-electron chi connectivity index (χ0n) is 9.53. The molecule has 8 nitrogen and oxygen atoms in total. The highest BCUT2D eigenvalue weighted by atomic mass is 32.2. The van der Waals surface area contributed by atoms with E-state index in [1.165, 1.54) is 24.4 Å². The Hall–Kier alpha value is -2.39. The minimum Gasteiger partial charge on any atom is -0.351 e. The van der Waals surface area contributed by atoms with Crippen molar-refractivity contribution in [3.05, 3.63) is 42.3 Å². The molecule has 0 bridgehead atoms. The summed E-state index contributed by atoms with van der Waals surface area (Å²) in [5.41, 5.74) is 0.618. The van der Waals surface area contributed by atoms with Crippen LogP contribution in [0.25, 0.3) is 0 Å². The van der Waals surface area contributed by atoms with Crippen molar-refractivity contribution >= 4 is 27.5 Å². The van der Waals surface area contributed by atoms with Crippen LogP contribution >= 0.6 is 0 Å². The molecule has 1 aromatic carbocycles. The molecule has 0 saturated heterocycles. The lowest BCUT2D eigenvalue weighted by Crippen LogP contribution is -2.21. The molecule has 0 atom stereocenters. The van der Waals surface area contributed by atoms with Gasteiger partial charge in [-0.3, -0.25) is 9.52 Å². The van der Waals surface area contributed by atoms with E-state index < -0.39 is 16.1 Å². The molecule has 0 fully saturated rings. The van der Waals surface area contributed by atoms with Gasteiger partial charge in [-0.15, -0.1) is 0 Å². The largest absolute Gasteiger partial charge is 0.351 e. The Morgan fingerprint density at radius 3 is 2.63 bits per heavy atom. The van der Waals surface area contributed by atoms with Crippen molar-refractivity contribution in [1.29, 1.82) is 0 Å². The summed E-state index contributed by atoms with van der Waals surface area (Å²) in [7, 11) is -3.86. The van der Waals surface area contributed by atoms with E-state index in [-0.39, 0.29) is 11.4 Å². The summed E-state index contributed by atoms with van der Waals surface area (Å²) in [6.07, 6.45) is 1.34. The average molecular weight is 282 g/mol. The Morgan fingerprint density at radius 1 is 1.26 bits per heavy atom. The van der Waals surface area contributed by atoms with Crippen LogP contribution in [-0.2, 0) is 10.2 Å². The molecule has 1 aromatic heterocycles. The van der Waals surface area contributed by atoms with Gasteiger partial charge in [0.05, 0.1) is 11.9 Å². The van der Waals surface area contributed by atoms with E-state index >= 15 is 0 Å². The number of amides is 1. The number of aromatic nitrogens is 1. The minimum atomic E-state index is -3.86. The average Bonchev–Trinajstić information content (AvgIpc) is 2.80. The van der Waals surface area contributed by atoms with E-state index in [1.807, 2.05) is 0 Å². The van der Waals surface area contributed by atoms with Crippen molar-refractivity contribution in [2.75, 3.05) is 10.0 Å². The van der Waals surface area contributed by atoms with Crippen LogP contribution < -0.4 is 15.2 Å². The van der Waals surface area contributed by atoms with Crippen LogP contribution in [0.5, 0.6) is 0 Å². The first-order valence-corrected chi connectivity index (χ1v) is 6.61. The molecular weight excluding hydrogens is 272 g/mol. The van der Waals surface area contributed by atoms with Crippen LogP contribution in [0.2, 0.25) is 0 Å². The van der Waals surface area contributed by atoms with Gasteiger partial charge in [0.25, 0.3) is 16.1 Å². The summed E-state index contributed by atoms with van der Waals surface area (Å²) in [6, 6.07) is 7.46. The van der Waals surface area contributed by atoms with Gasteiger partial charge in [0.1, 0.15) is 0 Å². The van der Waals surface area contributed by atoms with Gasteiger partial charge in [0, 0.05) is 11.8 Å². The van der Waals surface area contributed by atoms with Crippen LogP contribution in [0, 0.1) is 0 Å². The normalized spacial score (nSPS) is 11.0. The fourth-order valence-corrected chi connectivity index (χ4v) is 1.81. The number of nitrogens with two attached hydrogens (primary N) is 1. The molecule has 0 radical (unpaired) electrons. The highest BCUT2D eigenvalue weighted by molar-refractivity contribution is 7.90. The monoisotopic (exact) mass is 282 g/mol. The lowest BCUT2D eigenvalue weighted by atomic mass is 10.3. The Bertz CT molecular complexity index is 681. The first-order chi connectivity index (χ1) is 8.94. The molecule has 100 valence electrons. The van der Waals surface area contributed by atoms with Crippen LogP contribution in [0.1, 0.15) is 10.6 Å². The summed E-state index contributed by atoms with van der Waals surface area (Å²) in [4.78, 5) is 11.7. The Labute approximate surface area is 108 Å². The summed E-state index contributed by atoms with van der Waals surface area (Å²) in [5, 5.41) is 10.8. The summed E-state index contributed by atoms with van der Waals surface area (Å²) >= 11 is 0. The summed E-state index contributed by atoms with van der Waals surface area (Å²) in [5.74, 6) is -0.449. The minimum absolute atomic E-state index is 0.0461. The van der Waals surface area contributed by atoms with E-state index in [0.29, 0.717) is 5.69 Å². The molecule has 1 amide bonds. The van der Waals surface area contributed by atoms with Gasteiger partial charge in [-0.1, -0.05) is 11.2 Å². The first kappa shape index (κ1) is 13.1. The van der Waals surface area contributed by atoms with E-state index in [1.54, 1.807) is 12.1 Å². The SMILES string of the molecule is NS(=O)(=O)Nc1cccc(NC(=O)c2ccno2)c1. The van der Waals surface area contributed by atoms with Gasteiger partial charge < -0.3 is 9.84 Å². The summed E-state index contributed by atoms with van der Waals surface area (Å²) in [6.45, 7) is 0. The van der Waals surface area contributed by atoms with Gasteiger partial charge in [-0.2, -0.15) is 8.42 Å². The Kier molecular flexibility index (Phi) is 3.49. The van der Waals surface area contributed by atoms with Crippen molar-refractivity contribution < 1.29 is 17.7 Å². The molecule has 9 heteroatoms. The maximum Gasteiger partial charge on any atom is 0.296 e. The number of nitrogens with zero attached hydrogens (tertiary/aromatic N) is 1. The third-order valence-corrected chi connectivity index (χ3v) is 2.56. The molecule has 4 N–H and O–H groups in total. The van der Waals surface area contributed by atoms with E-state index in [9.17, 15) is 13.2 Å². The zero-order valence-corrected chi connectivity index (χ0v) is 10.3. The van der Waals surface area contributed by atoms with E-state index in [4.69, 9.17) is 5.14 Å². The number of carbonyl (C=O) groups excluding carboxylic acids is 1. The fourth-order valence-electron chi connectivity index (χ4n) is 1.35. The smallest absolute Gasteiger partial charge is 0.296 e. The molecule has 2 rings (SSSR count). The van der Waals surface area contributed by atoms with Crippen molar-refractivity contribution in [1.82, 2.24) is 5.16 Å². The highest BCUT2D eigenvalue weighted by Gasteiger charge is 2.10. The van der Waals surface area contributed by atoms with Crippen molar-refractivity contribution in [3.8, 4) is 0 Å². The molecule has 0 aliphatic rings. The molecule has 0 saturated carbocycles. The number of rotatable bonds is 4. The highest BCUT2D eigenvalue weighted by Crippen LogP contribution is 2.16. The van der Waals surface area contributed by atoms with Crippen LogP contribution in [0.4, 0.5) is 11.4 Å². The number of anilines is 2. The van der Waals surface area contributed by atoms with Gasteiger partial charge in [-0.25, -0.2) is 5.14 Å². The third kappa shape index (κ3) is 3.79. The lowest BCUT2D eigenvalue weighted by molar-refractivity contribution is 0.0988. The predicted octanol–water partition coefficient (Wildman–Crippen LogP) is 0.542. The number of carbonyl (C=O) groups is 1. The quantitative estimate of drug-likeness (QED) is 0.754. The molecule has 1 heterocycles. The van der Waals surface area contributed by atoms with Crippen LogP contribution in [0.15, 0.2) is 41.1 Å². The lowest BCUT2D eigenvalue weighted by Gasteiger charge is -2.06. The third-order valence-electron chi connectivity index (χ3n) is 2.04. The van der Waals surface area contributed by atoms with Crippen molar-refractivity contribution in [2.45, 2.75) is 0 Å². The standard InChI is InChI=1S/C10H10N4O4S/c11-19(16,17)14-8-3-1-2-7(6-8)13-10(15)9-4-5-12-18-9/h1-6,14H,(H,13,15)(H2,11,16,17). The molecule has 0 unspecified atom stereocenters. The van der Waals surface area contributed by atoms with Crippen molar-refractivity contribution in [2.24, 2.45) is 5.14 Å². The number of hydrogen-bond acceptors (Lipinski definition) is 5. The fraction of sp³-hybridized carbons (Fsp3) is 0. The van der Waals surface area contributed by atoms with Gasteiger partial charge in [0.2, 0.25) is 5.76 Å². The Balaban J connectivity index is 2.13. The summed E-state index contributed by atoms with van der Waals surface area (Å²) < 4.78 is 28.5. The van der Waals surface area contributed by atoms with Gasteiger partial charge in [-0.05, 0) is 18.2 Å². The van der Waals surface area contributed by atoms with E-state index in [0.717, 1.165) is 0 Å². The maximum atomic E-state index is 11.7. The molecule has 0 spiro atoms. The zero-order chi connectivity index (χ0) is 13.9. The first-order valence-electron chi connectivity index (χ1n) is 5.07. The maximum absolute atomic E-state index is 11.7. The topological polar surface area (TPSA) is 127 Å². The predicted molar refractivity (Wildman–Crippen MR) is 67.6 cm³/mol. The van der Waals surface area contributed by atoms with E-state index in [2.05, 4.69) is 19.7 Å². The van der Waals surface area contributed by atoms with Crippen LogP contribution in [0.3, 0.4) is 0 Å². The van der Waals surface area contributed by atoms with Gasteiger partial charge in [0.15, 0.2) is 0 Å². The second-order valence-corrected chi connectivity index (χ2v) is 4.85. The molecular formula is C10H10N4O4S. The van der Waals surface area contributed by atoms with Crippen molar-refractivity contribution in [3.63, 3.8) is 0 Å². The van der Waals surface area contributed by atoms with Crippen LogP contribution in [-0.4, -0.2) is 19.5 Å². The second-order valence-electron chi connectivity index (χ2n) is 3.56. The molecule has 19 heavy (non-hydrogen) atoms. The molecule has 0 aliphatic carbocycles. The number of benzene rings is 1. The van der Waals surface area contributed by atoms with Gasteiger partial charge >= 0.3 is 0 Å². The number of nitrogens with one attached hydrogen (secondary N) is 2. The molecule has 2 aromatic rings. The molecule has 0 aliphatic heterocycles. The Morgan fingerprint density at radius 2 is 2.00 bits per heavy atom.